The molecule has 0 aliphatic heterocycles. The van der Waals surface area contributed by atoms with E-state index in [1.165, 1.54) is 15.4 Å². The summed E-state index contributed by atoms with van der Waals surface area (Å²) < 4.78 is 0. The van der Waals surface area contributed by atoms with Gasteiger partial charge in [-0.2, -0.15) is 0 Å². The van der Waals surface area contributed by atoms with Gasteiger partial charge in [0.2, 0.25) is 0 Å². The van der Waals surface area contributed by atoms with Gasteiger partial charge in [0.25, 0.3) is 0 Å². The summed E-state index contributed by atoms with van der Waals surface area (Å²) in [4.78, 5) is 2.58. The minimum Gasteiger partial charge on any atom is -1.00 e. The third-order valence-electron chi connectivity index (χ3n) is 2.00. The number of hydrogen-bond acceptors (Lipinski definition) is 1. The van der Waals surface area contributed by atoms with Crippen molar-refractivity contribution in [1.29, 1.82) is 0 Å². The van der Waals surface area contributed by atoms with Gasteiger partial charge in [0.1, 0.15) is 0 Å². The first kappa shape index (κ1) is 19.3. The van der Waals surface area contributed by atoms with Gasteiger partial charge in [-0.25, -0.2) is 0 Å². The molecule has 0 heterocycles. The fraction of sp³-hybridized carbons (Fsp3) is 0.0769. The van der Waals surface area contributed by atoms with Crippen molar-refractivity contribution in [2.75, 3.05) is 0 Å². The van der Waals surface area contributed by atoms with Gasteiger partial charge in [-0.3, -0.25) is 0 Å². The molecule has 0 aliphatic carbocycles. The summed E-state index contributed by atoms with van der Waals surface area (Å²) in [5.74, 6) is 0. The Morgan fingerprint density at radius 1 is 0.706 bits per heavy atom. The summed E-state index contributed by atoms with van der Waals surface area (Å²) in [6, 6.07) is 19.0. The zero-order valence-electron chi connectivity index (χ0n) is 9.57. The largest absolute Gasteiger partial charge is 2.00 e. The van der Waals surface area contributed by atoms with Gasteiger partial charge in [-0.05, 0) is 31.2 Å². The molecular weight excluding hydrogens is 325 g/mol. The van der Waals surface area contributed by atoms with Crippen molar-refractivity contribution in [2.24, 2.45) is 0 Å². The van der Waals surface area contributed by atoms with Crippen molar-refractivity contribution < 1.29 is 44.3 Å². The minimum atomic E-state index is 0. The molecule has 0 atom stereocenters. The molecule has 0 spiro atoms. The van der Waals surface area contributed by atoms with E-state index in [0.717, 1.165) is 0 Å². The quantitative estimate of drug-likeness (QED) is 0.581. The molecule has 2 aromatic carbocycles. The van der Waals surface area contributed by atoms with E-state index in [-0.39, 0.29) is 44.3 Å². The van der Waals surface area contributed by atoms with Crippen LogP contribution in [0.2, 0.25) is 0 Å². The van der Waals surface area contributed by atoms with Crippen molar-refractivity contribution >= 4 is 11.8 Å². The van der Waals surface area contributed by atoms with Crippen LogP contribution in [0.5, 0.6) is 0 Å². The molecule has 0 saturated heterocycles. The van der Waals surface area contributed by atoms with Crippen molar-refractivity contribution in [3.05, 3.63) is 60.2 Å². The molecule has 0 nitrogen and oxygen atoms in total. The van der Waals surface area contributed by atoms with Crippen molar-refractivity contribution in [3.8, 4) is 0 Å². The number of aryl methyl sites for hydroxylation is 1. The Morgan fingerprint density at radius 2 is 1.18 bits per heavy atom. The number of benzene rings is 2. The van der Waals surface area contributed by atoms with Crippen LogP contribution in [-0.2, 0) is 19.5 Å². The van der Waals surface area contributed by atoms with Crippen LogP contribution < -0.4 is 24.8 Å². The van der Waals surface area contributed by atoms with E-state index in [2.05, 4.69) is 55.5 Å². The van der Waals surface area contributed by atoms with Crippen molar-refractivity contribution in [1.82, 2.24) is 0 Å². The Hall–Kier alpha value is -0.00662. The smallest absolute Gasteiger partial charge is 1.00 e. The molecule has 2 aromatic rings. The van der Waals surface area contributed by atoms with Gasteiger partial charge < -0.3 is 24.8 Å². The van der Waals surface area contributed by atoms with Crippen LogP contribution in [0, 0.1) is 6.92 Å². The summed E-state index contributed by atoms with van der Waals surface area (Å²) in [7, 11) is 0. The summed E-state index contributed by atoms with van der Waals surface area (Å²) in [6.07, 6.45) is 0. The summed E-state index contributed by atoms with van der Waals surface area (Å²) >= 11 is 1.80. The molecule has 0 N–H and O–H groups in total. The Kier molecular flexibility index (Phi) is 11.3. The summed E-state index contributed by atoms with van der Waals surface area (Å²) in [6.45, 7) is 2.11. The standard InChI is InChI=1S/C13H12S.2ClH.Zn/c1-11-7-9-13(10-8-11)14-12-5-3-2-4-6-12;;;/h2-10H,1H3;2*1H;/q;;;+2/p-2. The predicted molar refractivity (Wildman–Crippen MR) is 61.7 cm³/mol. The molecule has 0 amide bonds. The second-order valence-electron chi connectivity index (χ2n) is 3.23. The normalized spacial score (nSPS) is 8.29. The van der Waals surface area contributed by atoms with E-state index in [9.17, 15) is 0 Å². The van der Waals surface area contributed by atoms with Gasteiger partial charge in [0.05, 0.1) is 0 Å². The van der Waals surface area contributed by atoms with Gasteiger partial charge in [0.15, 0.2) is 0 Å². The Balaban J connectivity index is 0. The monoisotopic (exact) mass is 334 g/mol. The topological polar surface area (TPSA) is 0 Å². The zero-order chi connectivity index (χ0) is 9.80. The Labute approximate surface area is 132 Å². The summed E-state index contributed by atoms with van der Waals surface area (Å²) in [5, 5.41) is 0. The molecule has 2 rings (SSSR count). The van der Waals surface area contributed by atoms with Gasteiger partial charge in [-0.15, -0.1) is 0 Å². The average molecular weight is 337 g/mol. The third-order valence-corrected chi connectivity index (χ3v) is 3.02. The van der Waals surface area contributed by atoms with Crippen LogP contribution in [0.15, 0.2) is 64.4 Å². The number of hydrogen-bond donors (Lipinski definition) is 0. The van der Waals surface area contributed by atoms with Gasteiger partial charge in [-0.1, -0.05) is 47.7 Å². The first-order valence-corrected chi connectivity index (χ1v) is 5.46. The van der Waals surface area contributed by atoms with Crippen LogP contribution in [0.4, 0.5) is 0 Å². The van der Waals surface area contributed by atoms with Gasteiger partial charge >= 0.3 is 19.5 Å². The van der Waals surface area contributed by atoms with Crippen LogP contribution in [0.3, 0.4) is 0 Å². The van der Waals surface area contributed by atoms with Crippen LogP contribution in [-0.4, -0.2) is 0 Å². The third kappa shape index (κ3) is 6.47. The molecule has 0 unspecified atom stereocenters. The molecule has 0 aliphatic rings. The first-order chi connectivity index (χ1) is 6.84. The van der Waals surface area contributed by atoms with E-state index in [0.29, 0.717) is 0 Å². The predicted octanol–water partition coefficient (Wildman–Crippen LogP) is -1.85. The average Bonchev–Trinajstić information content (AvgIpc) is 2.23. The first-order valence-electron chi connectivity index (χ1n) is 4.64. The molecular formula is C13H12Cl2SZn. The van der Waals surface area contributed by atoms with E-state index < -0.39 is 0 Å². The molecule has 86 valence electrons. The second kappa shape index (κ2) is 9.97. The molecule has 4 heteroatoms. The van der Waals surface area contributed by atoms with Crippen LogP contribution >= 0.6 is 11.8 Å². The second-order valence-corrected chi connectivity index (χ2v) is 4.38. The van der Waals surface area contributed by atoms with Gasteiger partial charge in [0, 0.05) is 9.79 Å². The van der Waals surface area contributed by atoms with E-state index >= 15 is 0 Å². The van der Waals surface area contributed by atoms with E-state index in [1.54, 1.807) is 11.8 Å². The molecule has 0 fully saturated rings. The number of halogens is 2. The van der Waals surface area contributed by atoms with Crippen molar-refractivity contribution in [2.45, 2.75) is 16.7 Å². The fourth-order valence-corrected chi connectivity index (χ4v) is 2.07. The zero-order valence-corrected chi connectivity index (χ0v) is 14.9. The van der Waals surface area contributed by atoms with E-state index in [4.69, 9.17) is 0 Å². The fourth-order valence-electron chi connectivity index (χ4n) is 1.23. The SMILES string of the molecule is Cc1ccc(Sc2ccccc2)cc1.[Cl-].[Cl-].[Zn+2]. The molecule has 0 bridgehead atoms. The maximum atomic E-state index is 2.16. The molecule has 0 aromatic heterocycles. The Bertz CT molecular complexity index is 404. The molecule has 0 saturated carbocycles. The molecule has 0 radical (unpaired) electrons. The van der Waals surface area contributed by atoms with Crippen LogP contribution in [0.25, 0.3) is 0 Å². The van der Waals surface area contributed by atoms with E-state index in [1.807, 2.05) is 6.07 Å². The number of rotatable bonds is 2. The van der Waals surface area contributed by atoms with Crippen LogP contribution in [0.1, 0.15) is 5.56 Å². The van der Waals surface area contributed by atoms with Crippen molar-refractivity contribution in [3.63, 3.8) is 0 Å². The summed E-state index contributed by atoms with van der Waals surface area (Å²) in [5.41, 5.74) is 1.31. The minimum absolute atomic E-state index is 0. The Morgan fingerprint density at radius 3 is 1.71 bits per heavy atom. The maximum Gasteiger partial charge on any atom is 2.00 e. The maximum absolute atomic E-state index is 2.16. The molecule has 17 heavy (non-hydrogen) atoms.